The number of hydrogen-bond donors (Lipinski definition) is 1. The lowest BCUT2D eigenvalue weighted by Gasteiger charge is -2.13. The Bertz CT molecular complexity index is 287. The molecule has 1 nitrogen and oxygen atoms in total. The van der Waals surface area contributed by atoms with Crippen LogP contribution in [0.5, 0.6) is 0 Å². The van der Waals surface area contributed by atoms with Crippen molar-refractivity contribution in [3.63, 3.8) is 0 Å². The predicted molar refractivity (Wildman–Crippen MR) is 51.5 cm³/mol. The van der Waals surface area contributed by atoms with Gasteiger partial charge in [0.05, 0.1) is 0 Å². The zero-order chi connectivity index (χ0) is 10.8. The zero-order valence-electron chi connectivity index (χ0n) is 8.30. The Labute approximate surface area is 82.4 Å². The summed E-state index contributed by atoms with van der Waals surface area (Å²) in [5, 5.41) is 8.87. The molecule has 0 aromatic heterocycles. The molecule has 0 fully saturated rings. The van der Waals surface area contributed by atoms with Crippen LogP contribution in [0.1, 0.15) is 30.9 Å². The Kier molecular flexibility index (Phi) is 3.21. The first-order valence-corrected chi connectivity index (χ1v) is 4.54. The van der Waals surface area contributed by atoms with Gasteiger partial charge < -0.3 is 5.11 Å². The number of hydrogen-bond acceptors (Lipinski definition) is 1. The molecule has 0 aliphatic carbocycles. The topological polar surface area (TPSA) is 20.2 Å². The van der Waals surface area contributed by atoms with E-state index < -0.39 is 5.92 Å². The molecule has 0 bridgehead atoms. The highest BCUT2D eigenvalue weighted by molar-refractivity contribution is 5.27. The Morgan fingerprint density at radius 2 is 1.79 bits per heavy atom. The van der Waals surface area contributed by atoms with Gasteiger partial charge in [0, 0.05) is 25.0 Å². The van der Waals surface area contributed by atoms with Gasteiger partial charge in [-0.1, -0.05) is 31.2 Å². The summed E-state index contributed by atoms with van der Waals surface area (Å²) in [5.41, 5.74) is 0.881. The Balaban J connectivity index is 2.89. The lowest BCUT2D eigenvalue weighted by atomic mass is 9.99. The maximum atomic E-state index is 12.8. The van der Waals surface area contributed by atoms with Gasteiger partial charge >= 0.3 is 0 Å². The predicted octanol–water partition coefficient (Wildman–Crippen LogP) is 2.89. The summed E-state index contributed by atoms with van der Waals surface area (Å²) in [6, 6.07) is 6.07. The average Bonchev–Trinajstić information content (AvgIpc) is 2.15. The van der Waals surface area contributed by atoms with E-state index in [9.17, 15) is 8.78 Å². The van der Waals surface area contributed by atoms with Crippen molar-refractivity contribution in [2.24, 2.45) is 0 Å². The van der Waals surface area contributed by atoms with Crippen LogP contribution in [0, 0.1) is 0 Å². The minimum absolute atomic E-state index is 0.00507. The highest BCUT2D eigenvalue weighted by Gasteiger charge is 2.23. The molecule has 1 rings (SSSR count). The SMILES string of the molecule is C[C@H](CO)c1ccc(C(C)(F)F)cc1. The van der Waals surface area contributed by atoms with Crippen molar-refractivity contribution in [1.82, 2.24) is 0 Å². The molecule has 14 heavy (non-hydrogen) atoms. The second kappa shape index (κ2) is 4.05. The molecule has 1 aromatic rings. The maximum Gasteiger partial charge on any atom is 0.270 e. The van der Waals surface area contributed by atoms with Gasteiger partial charge in [0.15, 0.2) is 0 Å². The second-order valence-corrected chi connectivity index (χ2v) is 3.59. The van der Waals surface area contributed by atoms with Crippen molar-refractivity contribution in [2.75, 3.05) is 6.61 Å². The quantitative estimate of drug-likeness (QED) is 0.795. The molecule has 78 valence electrons. The molecule has 1 aromatic carbocycles. The van der Waals surface area contributed by atoms with E-state index in [1.807, 2.05) is 6.92 Å². The average molecular weight is 200 g/mol. The van der Waals surface area contributed by atoms with Gasteiger partial charge in [0.1, 0.15) is 0 Å². The largest absolute Gasteiger partial charge is 0.396 e. The highest BCUT2D eigenvalue weighted by atomic mass is 19.3. The number of benzene rings is 1. The van der Waals surface area contributed by atoms with E-state index in [4.69, 9.17) is 5.11 Å². The van der Waals surface area contributed by atoms with E-state index in [-0.39, 0.29) is 18.1 Å². The fourth-order valence-electron chi connectivity index (χ4n) is 1.21. The molecule has 0 spiro atoms. The molecular weight excluding hydrogens is 186 g/mol. The van der Waals surface area contributed by atoms with E-state index in [0.29, 0.717) is 0 Å². The minimum Gasteiger partial charge on any atom is -0.396 e. The van der Waals surface area contributed by atoms with Gasteiger partial charge in [-0.25, -0.2) is 8.78 Å². The fourth-order valence-corrected chi connectivity index (χ4v) is 1.21. The Morgan fingerprint density at radius 1 is 1.29 bits per heavy atom. The van der Waals surface area contributed by atoms with E-state index in [1.54, 1.807) is 12.1 Å². The Morgan fingerprint density at radius 3 is 2.14 bits per heavy atom. The fraction of sp³-hybridized carbons (Fsp3) is 0.455. The third-order valence-corrected chi connectivity index (χ3v) is 2.26. The van der Waals surface area contributed by atoms with Gasteiger partial charge in [-0.3, -0.25) is 0 Å². The molecule has 0 amide bonds. The number of rotatable bonds is 3. The number of aliphatic hydroxyl groups excluding tert-OH is 1. The summed E-state index contributed by atoms with van der Waals surface area (Å²) in [7, 11) is 0. The lowest BCUT2D eigenvalue weighted by molar-refractivity contribution is 0.0174. The van der Waals surface area contributed by atoms with E-state index in [1.165, 1.54) is 12.1 Å². The van der Waals surface area contributed by atoms with E-state index in [2.05, 4.69) is 0 Å². The normalized spacial score (nSPS) is 14.1. The molecular formula is C11H14F2O. The van der Waals surface area contributed by atoms with Gasteiger partial charge in [-0.2, -0.15) is 0 Å². The van der Waals surface area contributed by atoms with Gasteiger partial charge in [0.25, 0.3) is 5.92 Å². The molecule has 0 heterocycles. The molecule has 3 heteroatoms. The molecule has 0 aliphatic heterocycles. The van der Waals surface area contributed by atoms with Crippen LogP contribution in [-0.2, 0) is 5.92 Å². The van der Waals surface area contributed by atoms with Crippen molar-refractivity contribution in [1.29, 1.82) is 0 Å². The molecule has 0 aliphatic rings. The van der Waals surface area contributed by atoms with Gasteiger partial charge in [-0.15, -0.1) is 0 Å². The van der Waals surface area contributed by atoms with E-state index in [0.717, 1.165) is 12.5 Å². The third-order valence-electron chi connectivity index (χ3n) is 2.26. The summed E-state index contributed by atoms with van der Waals surface area (Å²) < 4.78 is 25.6. The van der Waals surface area contributed by atoms with Crippen LogP contribution in [0.2, 0.25) is 0 Å². The summed E-state index contributed by atoms with van der Waals surface area (Å²) in [5.74, 6) is -2.80. The smallest absolute Gasteiger partial charge is 0.270 e. The van der Waals surface area contributed by atoms with Crippen molar-refractivity contribution in [2.45, 2.75) is 25.7 Å². The summed E-state index contributed by atoms with van der Waals surface area (Å²) in [6.45, 7) is 2.75. The summed E-state index contributed by atoms with van der Waals surface area (Å²) >= 11 is 0. The third kappa shape index (κ3) is 2.51. The molecule has 1 N–H and O–H groups in total. The van der Waals surface area contributed by atoms with Crippen LogP contribution in [0.4, 0.5) is 8.78 Å². The van der Waals surface area contributed by atoms with Crippen molar-refractivity contribution in [3.05, 3.63) is 35.4 Å². The van der Waals surface area contributed by atoms with Gasteiger partial charge in [0.2, 0.25) is 0 Å². The second-order valence-electron chi connectivity index (χ2n) is 3.59. The Hall–Kier alpha value is -0.960. The molecule has 0 unspecified atom stereocenters. The van der Waals surface area contributed by atoms with Crippen LogP contribution in [0.15, 0.2) is 24.3 Å². The van der Waals surface area contributed by atoms with Crippen LogP contribution in [0.25, 0.3) is 0 Å². The highest BCUT2D eigenvalue weighted by Crippen LogP contribution is 2.27. The monoisotopic (exact) mass is 200 g/mol. The first-order chi connectivity index (χ1) is 6.45. The van der Waals surface area contributed by atoms with Crippen molar-refractivity contribution < 1.29 is 13.9 Å². The van der Waals surface area contributed by atoms with Crippen LogP contribution in [-0.4, -0.2) is 11.7 Å². The minimum atomic E-state index is -2.79. The van der Waals surface area contributed by atoms with E-state index >= 15 is 0 Å². The maximum absolute atomic E-state index is 12.8. The molecule has 0 saturated heterocycles. The first-order valence-electron chi connectivity index (χ1n) is 4.54. The molecule has 0 radical (unpaired) electrons. The van der Waals surface area contributed by atoms with Gasteiger partial charge in [-0.05, 0) is 5.56 Å². The molecule has 1 atom stereocenters. The van der Waals surface area contributed by atoms with Crippen molar-refractivity contribution in [3.8, 4) is 0 Å². The summed E-state index contributed by atoms with van der Waals surface area (Å²) in [6.07, 6.45) is 0. The van der Waals surface area contributed by atoms with Crippen LogP contribution < -0.4 is 0 Å². The van der Waals surface area contributed by atoms with Crippen LogP contribution >= 0.6 is 0 Å². The number of halogens is 2. The number of alkyl halides is 2. The summed E-state index contributed by atoms with van der Waals surface area (Å²) in [4.78, 5) is 0. The lowest BCUT2D eigenvalue weighted by Crippen LogP contribution is -2.07. The van der Waals surface area contributed by atoms with Crippen molar-refractivity contribution >= 4 is 0 Å². The standard InChI is InChI=1S/C11H14F2O/c1-8(7-14)9-3-5-10(6-4-9)11(2,12)13/h3-6,8,14H,7H2,1-2H3/t8-/m1/s1. The molecule has 0 saturated carbocycles. The number of aliphatic hydroxyl groups is 1. The first kappa shape index (κ1) is 11.1. The van der Waals surface area contributed by atoms with Crippen LogP contribution in [0.3, 0.4) is 0 Å². The zero-order valence-corrected chi connectivity index (χ0v) is 8.30.